The van der Waals surface area contributed by atoms with Crippen molar-refractivity contribution in [3.63, 3.8) is 0 Å². The third-order valence-electron chi connectivity index (χ3n) is 3.22. The van der Waals surface area contributed by atoms with Gasteiger partial charge in [-0.05, 0) is 26.7 Å². The van der Waals surface area contributed by atoms with E-state index in [4.69, 9.17) is 9.84 Å². The highest BCUT2D eigenvalue weighted by molar-refractivity contribution is 5.79. The van der Waals surface area contributed by atoms with Crippen molar-refractivity contribution < 1.29 is 14.6 Å². The van der Waals surface area contributed by atoms with Crippen LogP contribution >= 0.6 is 0 Å². The number of aliphatic hydroxyl groups excluding tert-OH is 1. The summed E-state index contributed by atoms with van der Waals surface area (Å²) in [5.74, 6) is 0.290. The van der Waals surface area contributed by atoms with E-state index in [1.54, 1.807) is 4.90 Å². The molecule has 86 valence electrons. The Morgan fingerprint density at radius 3 is 2.27 bits per heavy atom. The molecule has 1 N–H and O–H groups in total. The summed E-state index contributed by atoms with van der Waals surface area (Å²) in [7, 11) is 0. The molecule has 1 amide bonds. The van der Waals surface area contributed by atoms with Crippen LogP contribution in [0.25, 0.3) is 0 Å². The predicted molar refractivity (Wildman–Crippen MR) is 55.3 cm³/mol. The molecule has 2 unspecified atom stereocenters. The summed E-state index contributed by atoms with van der Waals surface area (Å²) in [6.45, 7) is 5.06. The first-order valence-electron chi connectivity index (χ1n) is 5.68. The SMILES string of the molecule is CC1CC(C(=O)N2CC(O)C2)CC(C)O1. The number of amides is 1. The van der Waals surface area contributed by atoms with Gasteiger partial charge in [0.1, 0.15) is 0 Å². The van der Waals surface area contributed by atoms with Gasteiger partial charge in [-0.1, -0.05) is 0 Å². The third-order valence-corrected chi connectivity index (χ3v) is 3.22. The van der Waals surface area contributed by atoms with E-state index < -0.39 is 0 Å². The molecule has 2 fully saturated rings. The van der Waals surface area contributed by atoms with Crippen LogP contribution < -0.4 is 0 Å². The molecule has 0 aromatic heterocycles. The first-order valence-corrected chi connectivity index (χ1v) is 5.68. The summed E-state index contributed by atoms with van der Waals surface area (Å²) in [5, 5.41) is 9.15. The second-order valence-corrected chi connectivity index (χ2v) is 4.82. The fraction of sp³-hybridized carbons (Fsp3) is 0.909. The maximum Gasteiger partial charge on any atom is 0.226 e. The molecule has 2 aliphatic heterocycles. The van der Waals surface area contributed by atoms with Crippen LogP contribution in [0.3, 0.4) is 0 Å². The minimum absolute atomic E-state index is 0.0937. The Hall–Kier alpha value is -0.610. The Kier molecular flexibility index (Phi) is 2.98. The first kappa shape index (κ1) is 10.9. The predicted octanol–water partition coefficient (Wildman–Crippen LogP) is 0.393. The summed E-state index contributed by atoms with van der Waals surface area (Å²) in [5.41, 5.74) is 0. The maximum atomic E-state index is 12.0. The first-order chi connectivity index (χ1) is 7.06. The van der Waals surface area contributed by atoms with E-state index in [-0.39, 0.29) is 30.1 Å². The van der Waals surface area contributed by atoms with Crippen LogP contribution in [0.1, 0.15) is 26.7 Å². The standard InChI is InChI=1S/C11H19NO3/c1-7-3-9(4-8(2)15-7)11(14)12-5-10(13)6-12/h7-10,13H,3-6H2,1-2H3. The molecule has 0 aromatic rings. The largest absolute Gasteiger partial charge is 0.389 e. The third kappa shape index (κ3) is 2.32. The van der Waals surface area contributed by atoms with Gasteiger partial charge in [0.25, 0.3) is 0 Å². The number of nitrogens with zero attached hydrogens (tertiary/aromatic N) is 1. The summed E-state index contributed by atoms with van der Waals surface area (Å²) < 4.78 is 5.60. The fourth-order valence-electron chi connectivity index (χ4n) is 2.50. The van der Waals surface area contributed by atoms with Gasteiger partial charge in [0.2, 0.25) is 5.91 Å². The number of hydrogen-bond acceptors (Lipinski definition) is 3. The molecule has 15 heavy (non-hydrogen) atoms. The number of ether oxygens (including phenoxy) is 1. The molecule has 2 heterocycles. The Labute approximate surface area is 90.2 Å². The number of hydrogen-bond donors (Lipinski definition) is 1. The molecular weight excluding hydrogens is 194 g/mol. The van der Waals surface area contributed by atoms with Crippen LogP contribution in [0.15, 0.2) is 0 Å². The van der Waals surface area contributed by atoms with Gasteiger partial charge < -0.3 is 14.7 Å². The molecule has 2 atom stereocenters. The summed E-state index contributed by atoms with van der Waals surface area (Å²) in [6, 6.07) is 0. The van der Waals surface area contributed by atoms with Crippen molar-refractivity contribution >= 4 is 5.91 Å². The second kappa shape index (κ2) is 4.10. The second-order valence-electron chi connectivity index (χ2n) is 4.82. The lowest BCUT2D eigenvalue weighted by Gasteiger charge is -2.40. The molecule has 4 heteroatoms. The number of aliphatic hydroxyl groups is 1. The zero-order chi connectivity index (χ0) is 11.0. The van der Waals surface area contributed by atoms with Crippen molar-refractivity contribution in [1.29, 1.82) is 0 Å². The molecule has 0 aliphatic carbocycles. The minimum atomic E-state index is -0.302. The quantitative estimate of drug-likeness (QED) is 0.685. The van der Waals surface area contributed by atoms with E-state index >= 15 is 0 Å². The van der Waals surface area contributed by atoms with Crippen molar-refractivity contribution in [2.75, 3.05) is 13.1 Å². The van der Waals surface area contributed by atoms with Crippen LogP contribution in [0, 0.1) is 5.92 Å². The van der Waals surface area contributed by atoms with E-state index in [2.05, 4.69) is 0 Å². The molecule has 0 radical (unpaired) electrons. The van der Waals surface area contributed by atoms with Crippen molar-refractivity contribution in [3.8, 4) is 0 Å². The Morgan fingerprint density at radius 2 is 1.80 bits per heavy atom. The average Bonchev–Trinajstić information content (AvgIpc) is 2.10. The highest BCUT2D eigenvalue weighted by atomic mass is 16.5. The van der Waals surface area contributed by atoms with Gasteiger partial charge in [0.15, 0.2) is 0 Å². The van der Waals surface area contributed by atoms with E-state index in [0.717, 1.165) is 12.8 Å². The van der Waals surface area contributed by atoms with Gasteiger partial charge in [0.05, 0.1) is 18.3 Å². The fourth-order valence-corrected chi connectivity index (χ4v) is 2.50. The van der Waals surface area contributed by atoms with Gasteiger partial charge in [0, 0.05) is 19.0 Å². The normalized spacial score (nSPS) is 37.5. The zero-order valence-electron chi connectivity index (χ0n) is 9.35. The lowest BCUT2D eigenvalue weighted by atomic mass is 9.90. The van der Waals surface area contributed by atoms with E-state index in [0.29, 0.717) is 13.1 Å². The van der Waals surface area contributed by atoms with Crippen molar-refractivity contribution in [2.24, 2.45) is 5.92 Å². The molecule has 2 rings (SSSR count). The van der Waals surface area contributed by atoms with Crippen LogP contribution in [0.5, 0.6) is 0 Å². The summed E-state index contributed by atoms with van der Waals surface area (Å²) in [6.07, 6.45) is 1.68. The summed E-state index contributed by atoms with van der Waals surface area (Å²) >= 11 is 0. The molecule has 4 nitrogen and oxygen atoms in total. The molecule has 2 saturated heterocycles. The average molecular weight is 213 g/mol. The van der Waals surface area contributed by atoms with Gasteiger partial charge >= 0.3 is 0 Å². The highest BCUT2D eigenvalue weighted by Gasteiger charge is 2.36. The molecule has 0 spiro atoms. The van der Waals surface area contributed by atoms with Gasteiger partial charge in [-0.25, -0.2) is 0 Å². The van der Waals surface area contributed by atoms with Crippen LogP contribution in [0.2, 0.25) is 0 Å². The molecular formula is C11H19NO3. The van der Waals surface area contributed by atoms with Crippen LogP contribution in [-0.4, -0.2) is 47.3 Å². The lowest BCUT2D eigenvalue weighted by molar-refractivity contribution is -0.153. The minimum Gasteiger partial charge on any atom is -0.389 e. The Bertz CT molecular complexity index is 240. The highest BCUT2D eigenvalue weighted by Crippen LogP contribution is 2.27. The number of rotatable bonds is 1. The van der Waals surface area contributed by atoms with Crippen molar-refractivity contribution in [2.45, 2.75) is 45.0 Å². The monoisotopic (exact) mass is 213 g/mol. The number of likely N-dealkylation sites (tertiary alicyclic amines) is 1. The number of carbonyl (C=O) groups excluding carboxylic acids is 1. The molecule has 0 saturated carbocycles. The van der Waals surface area contributed by atoms with E-state index in [1.807, 2.05) is 13.8 Å². The smallest absolute Gasteiger partial charge is 0.226 e. The number of carbonyl (C=O) groups is 1. The maximum absolute atomic E-state index is 12.0. The van der Waals surface area contributed by atoms with E-state index in [9.17, 15) is 4.79 Å². The van der Waals surface area contributed by atoms with Crippen LogP contribution in [-0.2, 0) is 9.53 Å². The van der Waals surface area contributed by atoms with Gasteiger partial charge in [-0.3, -0.25) is 4.79 Å². The zero-order valence-corrected chi connectivity index (χ0v) is 9.35. The summed E-state index contributed by atoms with van der Waals surface area (Å²) in [4.78, 5) is 13.7. The van der Waals surface area contributed by atoms with Gasteiger partial charge in [-0.2, -0.15) is 0 Å². The number of β-amino-alcohol motifs (C(OH)–C–C–N with tert-alkyl or cyclic N) is 1. The Balaban J connectivity index is 1.89. The Morgan fingerprint density at radius 1 is 1.27 bits per heavy atom. The van der Waals surface area contributed by atoms with Crippen LogP contribution in [0.4, 0.5) is 0 Å². The molecule has 0 bridgehead atoms. The van der Waals surface area contributed by atoms with E-state index in [1.165, 1.54) is 0 Å². The molecule has 0 aromatic carbocycles. The van der Waals surface area contributed by atoms with Gasteiger partial charge in [-0.15, -0.1) is 0 Å². The molecule has 2 aliphatic rings. The van der Waals surface area contributed by atoms with Crippen molar-refractivity contribution in [1.82, 2.24) is 4.90 Å². The topological polar surface area (TPSA) is 49.8 Å². The lowest BCUT2D eigenvalue weighted by Crippen LogP contribution is -2.56. The van der Waals surface area contributed by atoms with Crippen molar-refractivity contribution in [3.05, 3.63) is 0 Å².